The fourth-order valence-corrected chi connectivity index (χ4v) is 1.86. The van der Waals surface area contributed by atoms with E-state index < -0.39 is 0 Å². The number of nitrogens with one attached hydrogen (secondary N) is 2. The summed E-state index contributed by atoms with van der Waals surface area (Å²) >= 11 is 5.27. The summed E-state index contributed by atoms with van der Waals surface area (Å²) in [6, 6.07) is 8.15. The minimum absolute atomic E-state index is 0.421. The highest BCUT2D eigenvalue weighted by molar-refractivity contribution is 7.80. The van der Waals surface area contributed by atoms with E-state index in [4.69, 9.17) is 17.0 Å². The van der Waals surface area contributed by atoms with Crippen LogP contribution in [0.4, 0.5) is 5.69 Å². The predicted octanol–water partition coefficient (Wildman–Crippen LogP) is 3.17. The number of anilines is 1. The fourth-order valence-electron chi connectivity index (χ4n) is 1.58. The number of methoxy groups -OCH3 is 1. The lowest BCUT2D eigenvalue weighted by molar-refractivity contribution is 0.417. The molecule has 94 valence electrons. The molecule has 0 bridgehead atoms. The molecule has 4 heteroatoms. The molecule has 0 saturated carbocycles. The van der Waals surface area contributed by atoms with Crippen molar-refractivity contribution in [2.75, 3.05) is 12.4 Å². The average molecular weight is 252 g/mol. The van der Waals surface area contributed by atoms with Crippen molar-refractivity contribution in [3.8, 4) is 5.75 Å². The van der Waals surface area contributed by atoms with Crippen molar-refractivity contribution in [1.29, 1.82) is 0 Å². The number of hydrogen-bond acceptors (Lipinski definition) is 2. The Bertz CT molecular complexity index is 364. The minimum Gasteiger partial charge on any atom is -0.495 e. The zero-order valence-electron chi connectivity index (χ0n) is 10.6. The molecule has 0 heterocycles. The molecule has 0 amide bonds. The monoisotopic (exact) mass is 252 g/mol. The van der Waals surface area contributed by atoms with Gasteiger partial charge in [0.25, 0.3) is 0 Å². The first-order valence-electron chi connectivity index (χ1n) is 5.91. The van der Waals surface area contributed by atoms with E-state index in [2.05, 4.69) is 24.5 Å². The van der Waals surface area contributed by atoms with E-state index in [1.807, 2.05) is 24.3 Å². The summed E-state index contributed by atoms with van der Waals surface area (Å²) in [6.45, 7) is 4.29. The second-order valence-electron chi connectivity index (χ2n) is 3.81. The smallest absolute Gasteiger partial charge is 0.171 e. The van der Waals surface area contributed by atoms with Crippen LogP contribution in [0.15, 0.2) is 24.3 Å². The van der Waals surface area contributed by atoms with E-state index in [0.29, 0.717) is 11.2 Å². The van der Waals surface area contributed by atoms with Gasteiger partial charge < -0.3 is 15.4 Å². The van der Waals surface area contributed by atoms with Crippen molar-refractivity contribution in [3.63, 3.8) is 0 Å². The minimum atomic E-state index is 0.421. The lowest BCUT2D eigenvalue weighted by atomic mass is 10.2. The standard InChI is InChI=1S/C13H20N2OS/c1-4-10(5-2)14-13(17)15-11-8-6-7-9-12(11)16-3/h6-10H,4-5H2,1-3H3,(H2,14,15,17). The molecule has 0 spiro atoms. The quantitative estimate of drug-likeness (QED) is 0.789. The van der Waals surface area contributed by atoms with Crippen LogP contribution in [0, 0.1) is 0 Å². The molecule has 0 aliphatic rings. The van der Waals surface area contributed by atoms with Crippen molar-refractivity contribution in [2.45, 2.75) is 32.7 Å². The molecule has 0 aliphatic carbocycles. The molecular formula is C13H20N2OS. The largest absolute Gasteiger partial charge is 0.495 e. The van der Waals surface area contributed by atoms with Crippen LogP contribution in [0.1, 0.15) is 26.7 Å². The third-order valence-electron chi connectivity index (χ3n) is 2.68. The topological polar surface area (TPSA) is 33.3 Å². The van der Waals surface area contributed by atoms with Crippen LogP contribution in [-0.4, -0.2) is 18.3 Å². The van der Waals surface area contributed by atoms with Gasteiger partial charge in [0.1, 0.15) is 5.75 Å². The average Bonchev–Trinajstić information content (AvgIpc) is 2.36. The van der Waals surface area contributed by atoms with E-state index in [0.717, 1.165) is 24.3 Å². The van der Waals surface area contributed by atoms with Crippen LogP contribution < -0.4 is 15.4 Å². The summed E-state index contributed by atoms with van der Waals surface area (Å²) in [4.78, 5) is 0. The summed E-state index contributed by atoms with van der Waals surface area (Å²) in [5.41, 5.74) is 0.887. The Morgan fingerprint density at radius 1 is 1.29 bits per heavy atom. The third-order valence-corrected chi connectivity index (χ3v) is 2.90. The second-order valence-corrected chi connectivity index (χ2v) is 4.22. The maximum absolute atomic E-state index is 5.27. The van der Waals surface area contributed by atoms with Crippen LogP contribution in [0.2, 0.25) is 0 Å². The number of rotatable bonds is 5. The molecule has 1 aromatic rings. The molecule has 0 aromatic heterocycles. The molecule has 1 aromatic carbocycles. The summed E-state index contributed by atoms with van der Waals surface area (Å²) < 4.78 is 5.25. The molecule has 0 aliphatic heterocycles. The zero-order chi connectivity index (χ0) is 12.7. The zero-order valence-corrected chi connectivity index (χ0v) is 11.4. The van der Waals surface area contributed by atoms with Crippen LogP contribution in [0.3, 0.4) is 0 Å². The van der Waals surface area contributed by atoms with Gasteiger partial charge in [-0.25, -0.2) is 0 Å². The first-order valence-corrected chi connectivity index (χ1v) is 6.32. The molecule has 2 N–H and O–H groups in total. The van der Waals surface area contributed by atoms with Crippen molar-refractivity contribution >= 4 is 23.0 Å². The summed E-state index contributed by atoms with van der Waals surface area (Å²) in [7, 11) is 1.65. The molecule has 0 saturated heterocycles. The van der Waals surface area contributed by atoms with E-state index >= 15 is 0 Å². The molecule has 17 heavy (non-hydrogen) atoms. The van der Waals surface area contributed by atoms with E-state index in [-0.39, 0.29) is 0 Å². The SMILES string of the molecule is CCC(CC)NC(=S)Nc1ccccc1OC. The van der Waals surface area contributed by atoms with Gasteiger partial charge in [0.15, 0.2) is 5.11 Å². The van der Waals surface area contributed by atoms with Gasteiger partial charge in [-0.15, -0.1) is 0 Å². The predicted molar refractivity (Wildman–Crippen MR) is 76.7 cm³/mol. The Kier molecular flexibility index (Phi) is 5.77. The molecule has 0 unspecified atom stereocenters. The number of para-hydroxylation sites is 2. The molecule has 0 fully saturated rings. The highest BCUT2D eigenvalue weighted by Gasteiger charge is 2.07. The normalized spacial score (nSPS) is 10.1. The van der Waals surface area contributed by atoms with Gasteiger partial charge in [-0.3, -0.25) is 0 Å². The summed E-state index contributed by atoms with van der Waals surface area (Å²) in [5, 5.41) is 7.08. The number of benzene rings is 1. The molecule has 0 atom stereocenters. The molecule has 0 radical (unpaired) electrons. The van der Waals surface area contributed by atoms with Gasteiger partial charge in [0.2, 0.25) is 0 Å². The van der Waals surface area contributed by atoms with Gasteiger partial charge >= 0.3 is 0 Å². The molecular weight excluding hydrogens is 232 g/mol. The second kappa shape index (κ2) is 7.12. The summed E-state index contributed by atoms with van der Waals surface area (Å²) in [5.74, 6) is 0.793. The Balaban J connectivity index is 2.61. The maximum Gasteiger partial charge on any atom is 0.171 e. The Morgan fingerprint density at radius 2 is 1.94 bits per heavy atom. The first-order chi connectivity index (χ1) is 8.21. The van der Waals surface area contributed by atoms with Crippen molar-refractivity contribution in [3.05, 3.63) is 24.3 Å². The van der Waals surface area contributed by atoms with Crippen LogP contribution in [0.25, 0.3) is 0 Å². The van der Waals surface area contributed by atoms with E-state index in [1.54, 1.807) is 7.11 Å². The maximum atomic E-state index is 5.27. The van der Waals surface area contributed by atoms with Crippen LogP contribution >= 0.6 is 12.2 Å². The number of ether oxygens (including phenoxy) is 1. The molecule has 3 nitrogen and oxygen atoms in total. The fraction of sp³-hybridized carbons (Fsp3) is 0.462. The van der Waals surface area contributed by atoms with Gasteiger partial charge in [-0.1, -0.05) is 26.0 Å². The lowest BCUT2D eigenvalue weighted by Crippen LogP contribution is -2.36. The highest BCUT2D eigenvalue weighted by Crippen LogP contribution is 2.22. The van der Waals surface area contributed by atoms with Crippen molar-refractivity contribution in [2.24, 2.45) is 0 Å². The van der Waals surface area contributed by atoms with E-state index in [1.165, 1.54) is 0 Å². The van der Waals surface area contributed by atoms with Crippen LogP contribution in [0.5, 0.6) is 5.75 Å². The first kappa shape index (κ1) is 13.8. The van der Waals surface area contributed by atoms with Gasteiger partial charge in [-0.05, 0) is 37.2 Å². The van der Waals surface area contributed by atoms with Gasteiger partial charge in [0, 0.05) is 6.04 Å². The van der Waals surface area contributed by atoms with Crippen molar-refractivity contribution in [1.82, 2.24) is 5.32 Å². The Hall–Kier alpha value is -1.29. The van der Waals surface area contributed by atoms with Crippen LogP contribution in [-0.2, 0) is 0 Å². The van der Waals surface area contributed by atoms with Gasteiger partial charge in [0.05, 0.1) is 12.8 Å². The van der Waals surface area contributed by atoms with Crippen molar-refractivity contribution < 1.29 is 4.74 Å². The molecule has 1 rings (SSSR count). The lowest BCUT2D eigenvalue weighted by Gasteiger charge is -2.18. The summed E-state index contributed by atoms with van der Waals surface area (Å²) in [6.07, 6.45) is 2.12. The third kappa shape index (κ3) is 4.23. The number of thiocarbonyl (C=S) groups is 1. The Labute approximate surface area is 109 Å². The Morgan fingerprint density at radius 3 is 2.53 bits per heavy atom. The highest BCUT2D eigenvalue weighted by atomic mass is 32.1. The van der Waals surface area contributed by atoms with Gasteiger partial charge in [-0.2, -0.15) is 0 Å². The number of hydrogen-bond donors (Lipinski definition) is 2. The van der Waals surface area contributed by atoms with E-state index in [9.17, 15) is 0 Å².